The number of nitrogens with one attached hydrogen (secondary N) is 2. The molecule has 0 aromatic carbocycles. The number of hydrogen-bond acceptors (Lipinski definition) is 3. The summed E-state index contributed by atoms with van der Waals surface area (Å²) < 4.78 is 38.1. The van der Waals surface area contributed by atoms with E-state index in [2.05, 4.69) is 10.3 Å². The van der Waals surface area contributed by atoms with E-state index in [9.17, 15) is 22.8 Å². The van der Waals surface area contributed by atoms with E-state index in [1.807, 2.05) is 4.98 Å². The Bertz CT molecular complexity index is 774. The maximum Gasteiger partial charge on any atom is 0.417 e. The number of carbonyl (C=O) groups is 1. The summed E-state index contributed by atoms with van der Waals surface area (Å²) in [5.41, 5.74) is -1.60. The van der Waals surface area contributed by atoms with Gasteiger partial charge in [0.2, 0.25) is 0 Å². The van der Waals surface area contributed by atoms with Gasteiger partial charge in [0.15, 0.2) is 0 Å². The second-order valence-corrected chi connectivity index (χ2v) is 5.13. The van der Waals surface area contributed by atoms with Gasteiger partial charge in [-0.1, -0.05) is 6.07 Å². The van der Waals surface area contributed by atoms with E-state index in [0.29, 0.717) is 12.3 Å². The van der Waals surface area contributed by atoms with E-state index in [4.69, 9.17) is 0 Å². The Balaban J connectivity index is 2.19. The van der Waals surface area contributed by atoms with E-state index in [1.165, 1.54) is 11.9 Å². The third-order valence-electron chi connectivity index (χ3n) is 3.54. The first kappa shape index (κ1) is 17.5. The molecule has 2 rings (SSSR count). The molecule has 9 heteroatoms. The number of urea groups is 1. The van der Waals surface area contributed by atoms with E-state index >= 15 is 0 Å². The largest absolute Gasteiger partial charge is 0.417 e. The zero-order valence-corrected chi connectivity index (χ0v) is 12.9. The zero-order valence-electron chi connectivity index (χ0n) is 12.9. The molecule has 0 fully saturated rings. The maximum absolute atomic E-state index is 12.7. The number of rotatable bonds is 3. The Morgan fingerprint density at radius 3 is 2.71 bits per heavy atom. The van der Waals surface area contributed by atoms with Crippen molar-refractivity contribution in [2.75, 3.05) is 12.4 Å². The number of aromatic amines is 1. The Morgan fingerprint density at radius 1 is 1.42 bits per heavy atom. The van der Waals surface area contributed by atoms with Gasteiger partial charge in [-0.2, -0.15) is 13.2 Å². The highest BCUT2D eigenvalue weighted by Gasteiger charge is 2.31. The van der Waals surface area contributed by atoms with E-state index in [0.717, 1.165) is 5.56 Å². The first-order valence-corrected chi connectivity index (χ1v) is 6.94. The van der Waals surface area contributed by atoms with Gasteiger partial charge < -0.3 is 15.2 Å². The topological polar surface area (TPSA) is 78.1 Å². The number of aromatic nitrogens is 2. The molecule has 2 amide bonds. The minimum absolute atomic E-state index is 0.386. The quantitative estimate of drug-likeness (QED) is 0.901. The number of pyridine rings is 2. The lowest BCUT2D eigenvalue weighted by Gasteiger charge is -2.25. The highest BCUT2D eigenvalue weighted by Crippen LogP contribution is 2.29. The summed E-state index contributed by atoms with van der Waals surface area (Å²) in [6.45, 7) is 1.73. The van der Waals surface area contributed by atoms with Crippen LogP contribution in [0.15, 0.2) is 41.6 Å². The van der Waals surface area contributed by atoms with Gasteiger partial charge in [-0.05, 0) is 24.6 Å². The second kappa shape index (κ2) is 6.73. The van der Waals surface area contributed by atoms with Gasteiger partial charge in [0, 0.05) is 25.6 Å². The molecule has 128 valence electrons. The maximum atomic E-state index is 12.7. The van der Waals surface area contributed by atoms with Crippen LogP contribution in [0.25, 0.3) is 0 Å². The van der Waals surface area contributed by atoms with Gasteiger partial charge in [0.1, 0.15) is 5.69 Å². The van der Waals surface area contributed by atoms with Gasteiger partial charge in [0.05, 0.1) is 11.6 Å². The minimum atomic E-state index is -4.63. The summed E-state index contributed by atoms with van der Waals surface area (Å²) in [5, 5.41) is 2.20. The Labute approximate surface area is 135 Å². The molecule has 0 radical (unpaired) electrons. The third kappa shape index (κ3) is 3.92. The van der Waals surface area contributed by atoms with Crippen LogP contribution in [-0.4, -0.2) is 27.9 Å². The molecular weight excluding hydrogens is 325 g/mol. The van der Waals surface area contributed by atoms with Gasteiger partial charge in [0.25, 0.3) is 5.56 Å². The molecule has 2 N–H and O–H groups in total. The molecule has 24 heavy (non-hydrogen) atoms. The molecule has 0 aliphatic carbocycles. The predicted molar refractivity (Wildman–Crippen MR) is 81.5 cm³/mol. The molecule has 0 spiro atoms. The minimum Gasteiger partial charge on any atom is -0.327 e. The van der Waals surface area contributed by atoms with Crippen molar-refractivity contribution in [1.82, 2.24) is 14.9 Å². The first-order valence-electron chi connectivity index (χ1n) is 6.94. The van der Waals surface area contributed by atoms with Gasteiger partial charge >= 0.3 is 12.2 Å². The summed E-state index contributed by atoms with van der Waals surface area (Å²) in [6, 6.07) is 2.96. The summed E-state index contributed by atoms with van der Waals surface area (Å²) in [5.74, 6) is 0. The van der Waals surface area contributed by atoms with Crippen molar-refractivity contribution in [2.24, 2.45) is 0 Å². The van der Waals surface area contributed by atoms with Crippen molar-refractivity contribution < 1.29 is 18.0 Å². The smallest absolute Gasteiger partial charge is 0.327 e. The molecule has 0 aliphatic rings. The number of halogens is 3. The van der Waals surface area contributed by atoms with Crippen LogP contribution in [-0.2, 0) is 6.18 Å². The highest BCUT2D eigenvalue weighted by atomic mass is 19.4. The van der Waals surface area contributed by atoms with Crippen LogP contribution < -0.4 is 10.9 Å². The lowest BCUT2D eigenvalue weighted by Crippen LogP contribution is -2.35. The van der Waals surface area contributed by atoms with E-state index in [-0.39, 0.29) is 6.04 Å². The SMILES string of the molecule is CC(c1cccnc1)N(C)C(=O)Nc1cc(C(F)(F)F)c[nH]c1=O. The molecule has 0 saturated heterocycles. The summed E-state index contributed by atoms with van der Waals surface area (Å²) in [6.07, 6.45) is -0.914. The number of H-pyrrole nitrogens is 1. The molecule has 0 saturated carbocycles. The number of hydrogen-bond donors (Lipinski definition) is 2. The monoisotopic (exact) mass is 340 g/mol. The molecule has 2 heterocycles. The molecule has 6 nitrogen and oxygen atoms in total. The van der Waals surface area contributed by atoms with Crippen LogP contribution in [0.1, 0.15) is 24.1 Å². The Kier molecular flexibility index (Phi) is 4.91. The van der Waals surface area contributed by atoms with Crippen molar-refractivity contribution in [2.45, 2.75) is 19.1 Å². The van der Waals surface area contributed by atoms with Crippen LogP contribution in [0.5, 0.6) is 0 Å². The summed E-state index contributed by atoms with van der Waals surface area (Å²) in [4.78, 5) is 31.0. The fraction of sp³-hybridized carbons (Fsp3) is 0.267. The molecule has 0 aliphatic heterocycles. The van der Waals surface area contributed by atoms with Crippen LogP contribution in [0.3, 0.4) is 0 Å². The van der Waals surface area contributed by atoms with Gasteiger partial charge in [-0.15, -0.1) is 0 Å². The van der Waals surface area contributed by atoms with Crippen molar-refractivity contribution in [3.63, 3.8) is 0 Å². The standard InChI is InChI=1S/C15H15F3N4O2/c1-9(10-4-3-5-19-7-10)22(2)14(24)21-12-6-11(15(16,17)18)8-20-13(12)23/h3-9H,1-2H3,(H,20,23)(H,21,24). The van der Waals surface area contributed by atoms with Crippen LogP contribution in [0.4, 0.5) is 23.7 Å². The molecule has 1 atom stereocenters. The van der Waals surface area contributed by atoms with Crippen molar-refractivity contribution >= 4 is 11.7 Å². The molecule has 2 aromatic rings. The first-order chi connectivity index (χ1) is 11.2. The number of alkyl halides is 3. The van der Waals surface area contributed by atoms with Crippen molar-refractivity contribution in [3.05, 3.63) is 58.3 Å². The van der Waals surface area contributed by atoms with Gasteiger partial charge in [-0.25, -0.2) is 4.79 Å². The third-order valence-corrected chi connectivity index (χ3v) is 3.54. The number of anilines is 1. The molecule has 2 aromatic heterocycles. The Hall–Kier alpha value is -2.84. The van der Waals surface area contributed by atoms with Crippen molar-refractivity contribution in [3.8, 4) is 0 Å². The normalized spacial score (nSPS) is 12.5. The van der Waals surface area contributed by atoms with E-state index < -0.39 is 29.0 Å². The van der Waals surface area contributed by atoms with Gasteiger partial charge in [-0.3, -0.25) is 9.78 Å². The Morgan fingerprint density at radius 2 is 2.12 bits per heavy atom. The molecule has 1 unspecified atom stereocenters. The predicted octanol–water partition coefficient (Wildman–Crippen LogP) is 3.01. The molecular formula is C15H15F3N4O2. The highest BCUT2D eigenvalue weighted by molar-refractivity contribution is 5.89. The summed E-state index contributed by atoms with van der Waals surface area (Å²) >= 11 is 0. The lowest BCUT2D eigenvalue weighted by molar-refractivity contribution is -0.137. The van der Waals surface area contributed by atoms with Crippen LogP contribution in [0, 0.1) is 0 Å². The fourth-order valence-electron chi connectivity index (χ4n) is 1.97. The zero-order chi connectivity index (χ0) is 17.9. The average molecular weight is 340 g/mol. The van der Waals surface area contributed by atoms with Crippen molar-refractivity contribution in [1.29, 1.82) is 0 Å². The number of carbonyl (C=O) groups excluding carboxylic acids is 1. The second-order valence-electron chi connectivity index (χ2n) is 5.13. The fourth-order valence-corrected chi connectivity index (χ4v) is 1.97. The number of amides is 2. The van der Waals surface area contributed by atoms with Crippen LogP contribution in [0.2, 0.25) is 0 Å². The summed E-state index contributed by atoms with van der Waals surface area (Å²) in [7, 11) is 1.47. The average Bonchev–Trinajstić information content (AvgIpc) is 2.55. The number of nitrogens with zero attached hydrogens (tertiary/aromatic N) is 2. The lowest BCUT2D eigenvalue weighted by atomic mass is 10.1. The van der Waals surface area contributed by atoms with E-state index in [1.54, 1.807) is 31.5 Å². The van der Waals surface area contributed by atoms with Crippen LogP contribution >= 0.6 is 0 Å². The molecule has 0 bridgehead atoms.